The summed E-state index contributed by atoms with van der Waals surface area (Å²) in [5, 5.41) is 4.44. The maximum Gasteiger partial charge on any atom is 0.343 e. The first-order valence-corrected chi connectivity index (χ1v) is 8.29. The average molecular weight is 391 g/mol. The second-order valence-electron chi connectivity index (χ2n) is 5.44. The third kappa shape index (κ3) is 5.72. The summed E-state index contributed by atoms with van der Waals surface area (Å²) in [5.74, 6) is -0.0716. The fourth-order valence-electron chi connectivity index (χ4n) is 2.04. The van der Waals surface area contributed by atoms with Gasteiger partial charge in [0.05, 0.1) is 20.4 Å². The summed E-state index contributed by atoms with van der Waals surface area (Å²) >= 11 is 6.02. The molecular formula is C19H19ClN2O5. The van der Waals surface area contributed by atoms with Crippen LogP contribution in [0.1, 0.15) is 21.5 Å². The van der Waals surface area contributed by atoms with Crippen molar-refractivity contribution in [2.24, 2.45) is 5.10 Å². The molecule has 0 saturated heterocycles. The number of hydrogen-bond acceptors (Lipinski definition) is 6. The van der Waals surface area contributed by atoms with E-state index in [9.17, 15) is 9.59 Å². The van der Waals surface area contributed by atoms with Gasteiger partial charge in [0.2, 0.25) is 0 Å². The van der Waals surface area contributed by atoms with E-state index in [2.05, 4.69) is 15.3 Å². The number of nitrogens with zero attached hydrogens (tertiary/aromatic N) is 1. The average Bonchev–Trinajstić information content (AvgIpc) is 2.68. The molecule has 142 valence electrons. The lowest BCUT2D eigenvalue weighted by atomic mass is 10.1. The van der Waals surface area contributed by atoms with E-state index < -0.39 is 5.97 Å². The van der Waals surface area contributed by atoms with Gasteiger partial charge in [-0.05, 0) is 48.4 Å². The summed E-state index contributed by atoms with van der Waals surface area (Å²) in [7, 11) is 2.76. The van der Waals surface area contributed by atoms with Gasteiger partial charge in [-0.2, -0.15) is 5.10 Å². The van der Waals surface area contributed by atoms with Crippen LogP contribution in [0, 0.1) is 6.92 Å². The van der Waals surface area contributed by atoms with Crippen LogP contribution in [0.3, 0.4) is 0 Å². The zero-order chi connectivity index (χ0) is 19.8. The number of methoxy groups -OCH3 is 2. The normalized spacial score (nSPS) is 10.5. The van der Waals surface area contributed by atoms with Crippen molar-refractivity contribution in [3.05, 3.63) is 58.1 Å². The SMILES string of the molecule is COC(=O)COc1ccc(/C=N\NC(=O)c2ccc(C)c(Cl)c2)cc1OC. The molecule has 0 saturated carbocycles. The lowest BCUT2D eigenvalue weighted by molar-refractivity contribution is -0.142. The van der Waals surface area contributed by atoms with Gasteiger partial charge >= 0.3 is 5.97 Å². The van der Waals surface area contributed by atoms with Crippen molar-refractivity contribution < 1.29 is 23.8 Å². The van der Waals surface area contributed by atoms with Gasteiger partial charge in [0.1, 0.15) is 0 Å². The molecule has 27 heavy (non-hydrogen) atoms. The number of hydrazone groups is 1. The summed E-state index contributed by atoms with van der Waals surface area (Å²) < 4.78 is 15.1. The summed E-state index contributed by atoms with van der Waals surface area (Å²) in [6, 6.07) is 10.0. The number of esters is 1. The minimum absolute atomic E-state index is 0.227. The maximum atomic E-state index is 12.1. The van der Waals surface area contributed by atoms with Gasteiger partial charge < -0.3 is 14.2 Å². The smallest absolute Gasteiger partial charge is 0.343 e. The van der Waals surface area contributed by atoms with Crippen LogP contribution in [-0.2, 0) is 9.53 Å². The van der Waals surface area contributed by atoms with Gasteiger partial charge in [-0.3, -0.25) is 4.79 Å². The zero-order valence-electron chi connectivity index (χ0n) is 15.1. The Morgan fingerprint density at radius 1 is 1.15 bits per heavy atom. The van der Waals surface area contributed by atoms with Crippen LogP contribution < -0.4 is 14.9 Å². The van der Waals surface area contributed by atoms with Crippen molar-refractivity contribution in [2.75, 3.05) is 20.8 Å². The quantitative estimate of drug-likeness (QED) is 0.446. The molecule has 1 N–H and O–H groups in total. The molecular weight excluding hydrogens is 372 g/mol. The van der Waals surface area contributed by atoms with Crippen molar-refractivity contribution in [3.63, 3.8) is 0 Å². The molecule has 2 aromatic rings. The topological polar surface area (TPSA) is 86.2 Å². The second kappa shape index (κ2) is 9.59. The summed E-state index contributed by atoms with van der Waals surface area (Å²) in [6.07, 6.45) is 1.46. The number of rotatable bonds is 7. The number of carbonyl (C=O) groups is 2. The number of nitrogens with one attached hydrogen (secondary N) is 1. The van der Waals surface area contributed by atoms with Gasteiger partial charge in [0.25, 0.3) is 5.91 Å². The Morgan fingerprint density at radius 2 is 1.93 bits per heavy atom. The Bertz CT molecular complexity index is 867. The second-order valence-corrected chi connectivity index (χ2v) is 5.85. The number of hydrogen-bond donors (Lipinski definition) is 1. The molecule has 1 amide bonds. The van der Waals surface area contributed by atoms with Gasteiger partial charge in [-0.15, -0.1) is 0 Å². The van der Waals surface area contributed by atoms with Crippen LogP contribution in [-0.4, -0.2) is 38.9 Å². The fraction of sp³-hybridized carbons (Fsp3) is 0.211. The van der Waals surface area contributed by atoms with Crippen molar-refractivity contribution in [1.82, 2.24) is 5.43 Å². The molecule has 2 aromatic carbocycles. The molecule has 0 unspecified atom stereocenters. The number of ether oxygens (including phenoxy) is 3. The highest BCUT2D eigenvalue weighted by Gasteiger charge is 2.09. The van der Waals surface area contributed by atoms with Crippen LogP contribution in [0.2, 0.25) is 5.02 Å². The predicted octanol–water partition coefficient (Wildman–Crippen LogP) is 2.97. The molecule has 0 aliphatic rings. The van der Waals surface area contributed by atoms with Crippen LogP contribution in [0.15, 0.2) is 41.5 Å². The van der Waals surface area contributed by atoms with Crippen LogP contribution in [0.25, 0.3) is 0 Å². The first-order chi connectivity index (χ1) is 12.9. The number of aryl methyl sites for hydroxylation is 1. The van der Waals surface area contributed by atoms with E-state index in [0.717, 1.165) is 5.56 Å². The van der Waals surface area contributed by atoms with E-state index in [1.165, 1.54) is 20.4 Å². The van der Waals surface area contributed by atoms with Gasteiger partial charge in [-0.25, -0.2) is 10.2 Å². The van der Waals surface area contributed by atoms with Crippen LogP contribution in [0.4, 0.5) is 0 Å². The van der Waals surface area contributed by atoms with Crippen molar-refractivity contribution >= 4 is 29.7 Å². The highest BCUT2D eigenvalue weighted by molar-refractivity contribution is 6.31. The third-order valence-corrected chi connectivity index (χ3v) is 3.98. The Morgan fingerprint density at radius 3 is 2.59 bits per heavy atom. The Hall–Kier alpha value is -3.06. The van der Waals surface area contributed by atoms with E-state index >= 15 is 0 Å². The standard InChI is InChI=1S/C19H19ClN2O5/c1-12-4-6-14(9-15(12)20)19(24)22-21-10-13-5-7-16(17(8-13)25-2)27-11-18(23)26-3/h4-10H,11H2,1-3H3,(H,22,24)/b21-10-. The number of amides is 1. The molecule has 0 fully saturated rings. The largest absolute Gasteiger partial charge is 0.493 e. The van der Waals surface area contributed by atoms with Gasteiger partial charge in [0, 0.05) is 10.6 Å². The monoisotopic (exact) mass is 390 g/mol. The molecule has 0 heterocycles. The first kappa shape index (κ1) is 20.3. The molecule has 0 aliphatic heterocycles. The lowest BCUT2D eigenvalue weighted by Gasteiger charge is -2.10. The number of carbonyl (C=O) groups excluding carboxylic acids is 2. The minimum atomic E-state index is -0.499. The van der Waals surface area contributed by atoms with E-state index in [-0.39, 0.29) is 12.5 Å². The van der Waals surface area contributed by atoms with Crippen molar-refractivity contribution in [1.29, 1.82) is 0 Å². The van der Waals surface area contributed by atoms with E-state index in [1.54, 1.807) is 36.4 Å². The fourth-order valence-corrected chi connectivity index (χ4v) is 2.22. The van der Waals surface area contributed by atoms with E-state index in [1.807, 2.05) is 6.92 Å². The third-order valence-electron chi connectivity index (χ3n) is 3.57. The number of halogens is 1. The summed E-state index contributed by atoms with van der Waals surface area (Å²) in [4.78, 5) is 23.2. The minimum Gasteiger partial charge on any atom is -0.493 e. The van der Waals surface area contributed by atoms with Crippen molar-refractivity contribution in [3.8, 4) is 11.5 Å². The summed E-state index contributed by atoms with van der Waals surface area (Å²) in [6.45, 7) is 1.63. The molecule has 2 rings (SSSR count). The lowest BCUT2D eigenvalue weighted by Crippen LogP contribution is -2.17. The number of benzene rings is 2. The molecule has 0 spiro atoms. The first-order valence-electron chi connectivity index (χ1n) is 7.91. The molecule has 0 radical (unpaired) electrons. The van der Waals surface area contributed by atoms with Gasteiger partial charge in [0.15, 0.2) is 18.1 Å². The molecule has 0 bridgehead atoms. The van der Waals surface area contributed by atoms with E-state index in [0.29, 0.717) is 27.6 Å². The molecule has 0 atom stereocenters. The molecule has 0 aliphatic carbocycles. The van der Waals surface area contributed by atoms with Crippen LogP contribution in [0.5, 0.6) is 11.5 Å². The molecule has 8 heteroatoms. The van der Waals surface area contributed by atoms with Crippen LogP contribution >= 0.6 is 11.6 Å². The Kier molecular flexibility index (Phi) is 7.19. The Balaban J connectivity index is 2.02. The zero-order valence-corrected chi connectivity index (χ0v) is 15.9. The summed E-state index contributed by atoms with van der Waals surface area (Å²) in [5.41, 5.74) is 4.40. The predicted molar refractivity (Wildman–Crippen MR) is 102 cm³/mol. The van der Waals surface area contributed by atoms with Gasteiger partial charge in [-0.1, -0.05) is 17.7 Å². The molecule has 0 aromatic heterocycles. The van der Waals surface area contributed by atoms with Crippen molar-refractivity contribution in [2.45, 2.75) is 6.92 Å². The molecule has 7 nitrogen and oxygen atoms in total. The van der Waals surface area contributed by atoms with E-state index in [4.69, 9.17) is 21.1 Å². The highest BCUT2D eigenvalue weighted by Crippen LogP contribution is 2.27. The maximum absolute atomic E-state index is 12.1. The Labute approximate surface area is 161 Å². The highest BCUT2D eigenvalue weighted by atomic mass is 35.5.